The van der Waals surface area contributed by atoms with Crippen LogP contribution >= 0.6 is 0 Å². The molecular formula is C15H21NO5. The number of carbonyl (C=O) groups is 1. The van der Waals surface area contributed by atoms with Gasteiger partial charge in [0.25, 0.3) is 0 Å². The normalized spacial score (nSPS) is 13.1. The Morgan fingerprint density at radius 1 is 1.33 bits per heavy atom. The van der Waals surface area contributed by atoms with Crippen molar-refractivity contribution in [3.05, 3.63) is 36.5 Å². The lowest BCUT2D eigenvalue weighted by atomic mass is 10.1. The molecule has 0 fully saturated rings. The lowest BCUT2D eigenvalue weighted by molar-refractivity contribution is -0.156. The van der Waals surface area contributed by atoms with E-state index >= 15 is 0 Å². The number of carboxylic acids is 1. The fourth-order valence-electron chi connectivity index (χ4n) is 1.62. The smallest absolute Gasteiger partial charge is 0.347 e. The maximum atomic E-state index is 11.4. The largest absolute Gasteiger partial charge is 0.497 e. The van der Waals surface area contributed by atoms with Crippen LogP contribution in [0.5, 0.6) is 11.5 Å². The topological polar surface area (TPSA) is 77.0 Å². The van der Waals surface area contributed by atoms with E-state index in [-0.39, 0.29) is 0 Å². The number of hydrogen-bond acceptors (Lipinski definition) is 5. The average molecular weight is 295 g/mol. The van der Waals surface area contributed by atoms with Crippen molar-refractivity contribution in [2.75, 3.05) is 7.11 Å². The van der Waals surface area contributed by atoms with Crippen LogP contribution in [-0.4, -0.2) is 30.4 Å². The molecule has 0 aliphatic heterocycles. The highest BCUT2D eigenvalue weighted by Gasteiger charge is 2.30. The lowest BCUT2D eigenvalue weighted by Crippen LogP contribution is -2.42. The molecule has 0 heterocycles. The molecule has 2 N–H and O–H groups in total. The predicted octanol–water partition coefficient (Wildman–Crippen LogP) is 2.36. The summed E-state index contributed by atoms with van der Waals surface area (Å²) in [6.07, 6.45) is -1.32. The third-order valence-electron chi connectivity index (χ3n) is 2.69. The van der Waals surface area contributed by atoms with Crippen LogP contribution in [0.2, 0.25) is 0 Å². The minimum Gasteiger partial charge on any atom is -0.497 e. The molecule has 2 atom stereocenters. The molecule has 1 aromatic carbocycles. The van der Waals surface area contributed by atoms with Crippen molar-refractivity contribution in [3.63, 3.8) is 0 Å². The van der Waals surface area contributed by atoms with Crippen molar-refractivity contribution in [3.8, 4) is 11.5 Å². The summed E-state index contributed by atoms with van der Waals surface area (Å²) in [5.74, 6) is 0.00298. The zero-order chi connectivity index (χ0) is 15.8. The van der Waals surface area contributed by atoms with E-state index in [9.17, 15) is 9.90 Å². The van der Waals surface area contributed by atoms with Gasteiger partial charge >= 0.3 is 5.97 Å². The Labute approximate surface area is 124 Å². The van der Waals surface area contributed by atoms with E-state index in [0.29, 0.717) is 23.6 Å². The molecule has 0 aliphatic carbocycles. The Balaban J connectivity index is 2.78. The Morgan fingerprint density at radius 2 is 1.90 bits per heavy atom. The van der Waals surface area contributed by atoms with Gasteiger partial charge in [-0.3, -0.25) is 10.3 Å². The Kier molecular flexibility index (Phi) is 6.55. The van der Waals surface area contributed by atoms with Crippen LogP contribution < -0.4 is 15.0 Å². The quantitative estimate of drug-likeness (QED) is 0.681. The van der Waals surface area contributed by atoms with E-state index in [4.69, 9.17) is 14.3 Å². The summed E-state index contributed by atoms with van der Waals surface area (Å²) in [6.45, 7) is 7.16. The van der Waals surface area contributed by atoms with Crippen LogP contribution in [0, 0.1) is 0 Å². The summed E-state index contributed by atoms with van der Waals surface area (Å²) >= 11 is 0. The fourth-order valence-corrected chi connectivity index (χ4v) is 1.62. The summed E-state index contributed by atoms with van der Waals surface area (Å²) in [5.41, 5.74) is 3.16. The highest BCUT2D eigenvalue weighted by molar-refractivity contribution is 5.73. The minimum atomic E-state index is -1.13. The summed E-state index contributed by atoms with van der Waals surface area (Å²) in [7, 11) is 1.56. The van der Waals surface area contributed by atoms with Crippen molar-refractivity contribution >= 4 is 5.97 Å². The third kappa shape index (κ3) is 5.35. The van der Waals surface area contributed by atoms with E-state index < -0.39 is 18.2 Å². The summed E-state index contributed by atoms with van der Waals surface area (Å²) in [6, 6.07) is 6.69. The molecule has 0 aliphatic rings. The van der Waals surface area contributed by atoms with E-state index in [1.165, 1.54) is 0 Å². The minimum absolute atomic E-state index is 0.431. The molecule has 0 radical (unpaired) electrons. The third-order valence-corrected chi connectivity index (χ3v) is 2.69. The number of hydrogen-bond donors (Lipinski definition) is 2. The maximum Gasteiger partial charge on any atom is 0.347 e. The molecule has 6 heteroatoms. The van der Waals surface area contributed by atoms with E-state index in [2.05, 4.69) is 12.1 Å². The van der Waals surface area contributed by atoms with Gasteiger partial charge in [-0.05, 0) is 37.6 Å². The molecule has 116 valence electrons. The van der Waals surface area contributed by atoms with Crippen molar-refractivity contribution in [1.82, 2.24) is 5.48 Å². The highest BCUT2D eigenvalue weighted by Crippen LogP contribution is 2.20. The first kappa shape index (κ1) is 16.8. The molecule has 21 heavy (non-hydrogen) atoms. The second-order valence-corrected chi connectivity index (χ2v) is 4.50. The highest BCUT2D eigenvalue weighted by atomic mass is 16.7. The van der Waals surface area contributed by atoms with Crippen LogP contribution in [-0.2, 0) is 9.63 Å². The van der Waals surface area contributed by atoms with E-state index in [1.54, 1.807) is 38.3 Å². The van der Waals surface area contributed by atoms with Gasteiger partial charge in [-0.25, -0.2) is 4.79 Å². The monoisotopic (exact) mass is 295 g/mol. The summed E-state index contributed by atoms with van der Waals surface area (Å²) in [4.78, 5) is 16.7. The van der Waals surface area contributed by atoms with Gasteiger partial charge < -0.3 is 14.6 Å². The van der Waals surface area contributed by atoms with Crippen molar-refractivity contribution in [2.45, 2.75) is 32.5 Å². The number of carboxylic acid groups (broad SMARTS) is 1. The SMILES string of the molecule is C=C(C)NOC(CC)C(Oc1ccc(OC)cc1)C(=O)O. The van der Waals surface area contributed by atoms with Gasteiger partial charge in [0.2, 0.25) is 6.10 Å². The van der Waals surface area contributed by atoms with E-state index in [1.807, 2.05) is 6.92 Å². The van der Waals surface area contributed by atoms with Gasteiger partial charge in [0.15, 0.2) is 0 Å². The number of ether oxygens (including phenoxy) is 2. The molecule has 0 spiro atoms. The maximum absolute atomic E-state index is 11.4. The van der Waals surface area contributed by atoms with Crippen LogP contribution in [0.4, 0.5) is 0 Å². The summed E-state index contributed by atoms with van der Waals surface area (Å²) < 4.78 is 10.5. The first-order chi connectivity index (χ1) is 9.97. The van der Waals surface area contributed by atoms with Crippen molar-refractivity contribution in [1.29, 1.82) is 0 Å². The van der Waals surface area contributed by atoms with Gasteiger partial charge in [-0.15, -0.1) is 0 Å². The second kappa shape index (κ2) is 8.16. The van der Waals surface area contributed by atoms with Gasteiger partial charge in [-0.2, -0.15) is 0 Å². The molecule has 0 amide bonds. The number of methoxy groups -OCH3 is 1. The zero-order valence-electron chi connectivity index (χ0n) is 12.5. The van der Waals surface area contributed by atoms with Gasteiger partial charge in [-0.1, -0.05) is 13.5 Å². The van der Waals surface area contributed by atoms with Crippen molar-refractivity contribution < 1.29 is 24.2 Å². The predicted molar refractivity (Wildman–Crippen MR) is 78.2 cm³/mol. The Morgan fingerprint density at radius 3 is 2.33 bits per heavy atom. The molecule has 1 aromatic rings. The molecule has 0 aromatic heterocycles. The lowest BCUT2D eigenvalue weighted by Gasteiger charge is -2.24. The molecule has 0 saturated carbocycles. The van der Waals surface area contributed by atoms with Gasteiger partial charge in [0.1, 0.15) is 17.6 Å². The standard InChI is InChI=1S/C15H21NO5/c1-5-13(21-16-10(2)3)14(15(17)18)20-12-8-6-11(19-4)7-9-12/h6-9,13-14,16H,2,5H2,1,3-4H3,(H,17,18). The number of hydroxylamine groups is 1. The van der Waals surface area contributed by atoms with Crippen LogP contribution in [0.25, 0.3) is 0 Å². The molecule has 6 nitrogen and oxygen atoms in total. The van der Waals surface area contributed by atoms with Crippen LogP contribution in [0.1, 0.15) is 20.3 Å². The zero-order valence-corrected chi connectivity index (χ0v) is 12.5. The van der Waals surface area contributed by atoms with Crippen LogP contribution in [0.15, 0.2) is 36.5 Å². The van der Waals surface area contributed by atoms with Crippen molar-refractivity contribution in [2.24, 2.45) is 0 Å². The number of nitrogens with one attached hydrogen (secondary N) is 1. The fraction of sp³-hybridized carbons (Fsp3) is 0.400. The van der Waals surface area contributed by atoms with E-state index in [0.717, 1.165) is 0 Å². The summed E-state index contributed by atoms with van der Waals surface area (Å²) in [5, 5.41) is 9.32. The molecule has 0 bridgehead atoms. The second-order valence-electron chi connectivity index (χ2n) is 4.50. The number of aliphatic carboxylic acids is 1. The number of rotatable bonds is 9. The molecule has 0 saturated heterocycles. The molecular weight excluding hydrogens is 274 g/mol. The first-order valence-corrected chi connectivity index (χ1v) is 6.58. The number of benzene rings is 1. The first-order valence-electron chi connectivity index (χ1n) is 6.58. The van der Waals surface area contributed by atoms with Gasteiger partial charge in [0.05, 0.1) is 7.11 Å². The Hall–Kier alpha value is -2.21. The van der Waals surface area contributed by atoms with Gasteiger partial charge in [0, 0.05) is 5.70 Å². The number of allylic oxidation sites excluding steroid dienone is 1. The average Bonchev–Trinajstić information content (AvgIpc) is 2.46. The molecule has 2 unspecified atom stereocenters. The Bertz CT molecular complexity index is 471. The molecule has 1 rings (SSSR count). The van der Waals surface area contributed by atoms with Crippen LogP contribution in [0.3, 0.4) is 0 Å².